The summed E-state index contributed by atoms with van der Waals surface area (Å²) in [6.45, 7) is 0. The molecule has 2 aromatic rings. The Morgan fingerprint density at radius 2 is 1.52 bits per heavy atom. The maximum atomic E-state index is 12.3. The Bertz CT molecular complexity index is 768. The number of benzene rings is 2. The van der Waals surface area contributed by atoms with Crippen molar-refractivity contribution in [1.82, 2.24) is 0 Å². The Hall–Kier alpha value is -2.73. The molecule has 1 aliphatic heterocycles. The van der Waals surface area contributed by atoms with Crippen LogP contribution in [0.15, 0.2) is 42.5 Å². The van der Waals surface area contributed by atoms with E-state index in [1.165, 1.54) is 30.3 Å². The Morgan fingerprint density at radius 1 is 0.952 bits per heavy atom. The van der Waals surface area contributed by atoms with Crippen molar-refractivity contribution in [3.63, 3.8) is 0 Å². The second-order valence-corrected chi connectivity index (χ2v) is 4.76. The monoisotopic (exact) mass is 302 g/mol. The molecule has 0 aliphatic carbocycles. The van der Waals surface area contributed by atoms with Crippen molar-refractivity contribution >= 4 is 34.8 Å². The molecular formula is C14H7ClN2O4. The number of nitro groups is 1. The third kappa shape index (κ3) is 1.88. The predicted molar refractivity (Wildman–Crippen MR) is 75.7 cm³/mol. The number of hydrogen-bond acceptors (Lipinski definition) is 4. The highest BCUT2D eigenvalue weighted by atomic mass is 35.5. The third-order valence-corrected chi connectivity index (χ3v) is 3.49. The van der Waals surface area contributed by atoms with Crippen LogP contribution >= 0.6 is 11.6 Å². The van der Waals surface area contributed by atoms with Crippen LogP contribution in [-0.4, -0.2) is 16.7 Å². The van der Waals surface area contributed by atoms with E-state index in [0.29, 0.717) is 0 Å². The van der Waals surface area contributed by atoms with Gasteiger partial charge in [0.25, 0.3) is 11.8 Å². The lowest BCUT2D eigenvalue weighted by Crippen LogP contribution is -2.30. The number of amides is 2. The first kappa shape index (κ1) is 13.3. The van der Waals surface area contributed by atoms with Crippen molar-refractivity contribution < 1.29 is 14.5 Å². The second kappa shape index (κ2) is 4.68. The SMILES string of the molecule is O=C1c2ccccc2C(=O)N1c1cccc(Cl)c1[N+](=O)[O-]. The van der Waals surface area contributed by atoms with Gasteiger partial charge in [-0.2, -0.15) is 0 Å². The standard InChI is InChI=1S/C14H7ClN2O4/c15-10-6-3-7-11(12(10)17(20)21)16-13(18)8-4-1-2-5-9(8)14(16)19/h1-7H. The van der Waals surface area contributed by atoms with Crippen LogP contribution in [0.4, 0.5) is 11.4 Å². The highest BCUT2D eigenvalue weighted by molar-refractivity contribution is 6.37. The van der Waals surface area contributed by atoms with Gasteiger partial charge in [-0.3, -0.25) is 19.7 Å². The highest BCUT2D eigenvalue weighted by Gasteiger charge is 2.40. The molecule has 2 aromatic carbocycles. The van der Waals surface area contributed by atoms with Crippen LogP contribution in [0.1, 0.15) is 20.7 Å². The van der Waals surface area contributed by atoms with E-state index in [9.17, 15) is 19.7 Å². The average molecular weight is 303 g/mol. The summed E-state index contributed by atoms with van der Waals surface area (Å²) in [4.78, 5) is 35.9. The van der Waals surface area contributed by atoms with E-state index >= 15 is 0 Å². The van der Waals surface area contributed by atoms with E-state index in [-0.39, 0.29) is 21.8 Å². The lowest BCUT2D eigenvalue weighted by Gasteiger charge is -2.14. The Balaban J connectivity index is 2.21. The van der Waals surface area contributed by atoms with Gasteiger partial charge in [-0.25, -0.2) is 4.90 Å². The van der Waals surface area contributed by atoms with Gasteiger partial charge < -0.3 is 0 Å². The van der Waals surface area contributed by atoms with Gasteiger partial charge in [-0.15, -0.1) is 0 Å². The number of nitro benzene ring substituents is 1. The molecule has 0 unspecified atom stereocenters. The highest BCUT2D eigenvalue weighted by Crippen LogP contribution is 2.38. The summed E-state index contributed by atoms with van der Waals surface area (Å²) in [6, 6.07) is 10.4. The van der Waals surface area contributed by atoms with E-state index in [1.54, 1.807) is 12.1 Å². The van der Waals surface area contributed by atoms with Crippen molar-refractivity contribution in [3.8, 4) is 0 Å². The third-order valence-electron chi connectivity index (χ3n) is 3.18. The minimum Gasteiger partial charge on any atom is -0.268 e. The molecule has 21 heavy (non-hydrogen) atoms. The van der Waals surface area contributed by atoms with Crippen LogP contribution in [0.2, 0.25) is 5.02 Å². The number of anilines is 1. The van der Waals surface area contributed by atoms with E-state index in [2.05, 4.69) is 0 Å². The number of carbonyl (C=O) groups is 2. The van der Waals surface area contributed by atoms with Crippen molar-refractivity contribution in [2.75, 3.05) is 4.90 Å². The molecule has 0 saturated heterocycles. The molecule has 0 atom stereocenters. The van der Waals surface area contributed by atoms with Gasteiger partial charge in [0, 0.05) is 0 Å². The average Bonchev–Trinajstić information content (AvgIpc) is 2.71. The van der Waals surface area contributed by atoms with Crippen LogP contribution in [0, 0.1) is 10.1 Å². The summed E-state index contributed by atoms with van der Waals surface area (Å²) in [5, 5.41) is 11.0. The summed E-state index contributed by atoms with van der Waals surface area (Å²) in [6.07, 6.45) is 0. The van der Waals surface area contributed by atoms with Gasteiger partial charge in [-0.1, -0.05) is 29.8 Å². The summed E-state index contributed by atoms with van der Waals surface area (Å²) >= 11 is 5.82. The number of fused-ring (bicyclic) bond motifs is 1. The number of para-hydroxylation sites is 1. The fourth-order valence-corrected chi connectivity index (χ4v) is 2.51. The summed E-state index contributed by atoms with van der Waals surface area (Å²) in [5.41, 5.74) is -0.152. The zero-order chi connectivity index (χ0) is 15.1. The van der Waals surface area contributed by atoms with Crippen LogP contribution < -0.4 is 4.90 Å². The number of imide groups is 1. The first-order valence-corrected chi connectivity index (χ1v) is 6.31. The smallest absolute Gasteiger partial charge is 0.268 e. The van der Waals surface area contributed by atoms with Crippen molar-refractivity contribution in [2.45, 2.75) is 0 Å². The molecule has 0 radical (unpaired) electrons. The van der Waals surface area contributed by atoms with Gasteiger partial charge in [0.15, 0.2) is 0 Å². The maximum Gasteiger partial charge on any atom is 0.311 e. The Kier molecular flexibility index (Phi) is 2.95. The molecule has 0 spiro atoms. The van der Waals surface area contributed by atoms with Crippen LogP contribution in [0.3, 0.4) is 0 Å². The van der Waals surface area contributed by atoms with Gasteiger partial charge in [0.2, 0.25) is 0 Å². The maximum absolute atomic E-state index is 12.3. The molecule has 0 bridgehead atoms. The molecule has 0 saturated carbocycles. The number of rotatable bonds is 2. The number of halogens is 1. The Labute approximate surface area is 123 Å². The molecule has 0 N–H and O–H groups in total. The molecule has 104 valence electrons. The lowest BCUT2D eigenvalue weighted by atomic mass is 10.1. The Morgan fingerprint density at radius 3 is 2.05 bits per heavy atom. The van der Waals surface area contributed by atoms with Crippen LogP contribution in [0.5, 0.6) is 0 Å². The molecule has 6 nitrogen and oxygen atoms in total. The van der Waals surface area contributed by atoms with E-state index in [4.69, 9.17) is 11.6 Å². The first-order chi connectivity index (χ1) is 10.0. The van der Waals surface area contributed by atoms with Crippen LogP contribution in [0.25, 0.3) is 0 Å². The van der Waals surface area contributed by atoms with Crippen molar-refractivity contribution in [2.24, 2.45) is 0 Å². The van der Waals surface area contributed by atoms with E-state index < -0.39 is 22.4 Å². The molecule has 1 heterocycles. The number of nitrogens with zero attached hydrogens (tertiary/aromatic N) is 2. The topological polar surface area (TPSA) is 80.5 Å². The quantitative estimate of drug-likeness (QED) is 0.485. The summed E-state index contributed by atoms with van der Waals surface area (Å²) < 4.78 is 0. The largest absolute Gasteiger partial charge is 0.311 e. The molecule has 0 fully saturated rings. The second-order valence-electron chi connectivity index (χ2n) is 4.36. The summed E-state index contributed by atoms with van der Waals surface area (Å²) in [5.74, 6) is -1.19. The number of hydrogen-bond donors (Lipinski definition) is 0. The van der Waals surface area contributed by atoms with Gasteiger partial charge in [0.05, 0.1) is 16.1 Å². The normalized spacial score (nSPS) is 13.5. The van der Waals surface area contributed by atoms with E-state index in [1.807, 2.05) is 0 Å². The molecule has 3 rings (SSSR count). The first-order valence-electron chi connectivity index (χ1n) is 5.93. The molecular weight excluding hydrogens is 296 g/mol. The summed E-state index contributed by atoms with van der Waals surface area (Å²) in [7, 11) is 0. The molecule has 7 heteroatoms. The zero-order valence-electron chi connectivity index (χ0n) is 10.4. The zero-order valence-corrected chi connectivity index (χ0v) is 11.2. The number of carbonyl (C=O) groups excluding carboxylic acids is 2. The van der Waals surface area contributed by atoms with Gasteiger partial charge >= 0.3 is 5.69 Å². The van der Waals surface area contributed by atoms with Gasteiger partial charge in [0.1, 0.15) is 10.7 Å². The molecule has 1 aliphatic rings. The lowest BCUT2D eigenvalue weighted by molar-refractivity contribution is -0.383. The fraction of sp³-hybridized carbons (Fsp3) is 0. The minimum atomic E-state index is -0.707. The molecule has 0 aromatic heterocycles. The predicted octanol–water partition coefficient (Wildman–Crippen LogP) is 3.05. The van der Waals surface area contributed by atoms with Crippen molar-refractivity contribution in [1.29, 1.82) is 0 Å². The van der Waals surface area contributed by atoms with Crippen LogP contribution in [-0.2, 0) is 0 Å². The van der Waals surface area contributed by atoms with Gasteiger partial charge in [-0.05, 0) is 24.3 Å². The fourth-order valence-electron chi connectivity index (χ4n) is 2.27. The minimum absolute atomic E-state index is 0.126. The molecule has 2 amide bonds. The van der Waals surface area contributed by atoms with E-state index in [0.717, 1.165) is 4.90 Å². The van der Waals surface area contributed by atoms with Crippen molar-refractivity contribution in [3.05, 3.63) is 68.7 Å².